The Bertz CT molecular complexity index is 1250. The van der Waals surface area contributed by atoms with Gasteiger partial charge in [0.25, 0.3) is 6.43 Å². The number of nitrogens with zero attached hydrogens (tertiary/aromatic N) is 1. The van der Waals surface area contributed by atoms with Gasteiger partial charge in [0.05, 0.1) is 30.6 Å². The fourth-order valence-corrected chi connectivity index (χ4v) is 5.66. The Morgan fingerprint density at radius 2 is 1.46 bits per heavy atom. The number of hydrogen-bond acceptors (Lipinski definition) is 3. The van der Waals surface area contributed by atoms with Crippen LogP contribution in [0.4, 0.5) is 50.0 Å². The topological polar surface area (TPSA) is 46.6 Å². The molecule has 0 spiro atoms. The lowest BCUT2D eigenvalue weighted by atomic mass is 9.69. The van der Waals surface area contributed by atoms with Crippen LogP contribution in [0.5, 0.6) is 0 Å². The Morgan fingerprint density at radius 1 is 0.940 bits per heavy atom. The highest BCUT2D eigenvalue weighted by Gasteiger charge is 2.44. The number of hydrogen-bond donors (Lipinski definition) is 0. The van der Waals surface area contributed by atoms with Gasteiger partial charge in [0.1, 0.15) is 6.29 Å². The molecule has 50 heavy (non-hydrogen) atoms. The van der Waals surface area contributed by atoms with E-state index in [9.17, 15) is 44.3 Å². The van der Waals surface area contributed by atoms with Crippen LogP contribution in [0.25, 0.3) is 0 Å². The third-order valence-electron chi connectivity index (χ3n) is 8.50. The van der Waals surface area contributed by atoms with E-state index in [2.05, 4.69) is 13.8 Å². The van der Waals surface area contributed by atoms with Gasteiger partial charge in [-0.25, -0.2) is 13.6 Å². The molecule has 2 aromatic carbocycles. The minimum atomic E-state index is -4.76. The first-order valence-electron chi connectivity index (χ1n) is 17.0. The van der Waals surface area contributed by atoms with Gasteiger partial charge in [-0.05, 0) is 98.2 Å². The second kappa shape index (κ2) is 22.5. The van der Waals surface area contributed by atoms with E-state index < -0.39 is 29.9 Å². The summed E-state index contributed by atoms with van der Waals surface area (Å²) in [5.41, 5.74) is -0.827. The van der Waals surface area contributed by atoms with Crippen LogP contribution in [-0.4, -0.2) is 32.2 Å². The standard InChI is InChI=1S/C22H31F2NO2.C10H8F6.C2H4O.C2H6.CH3F/c1-4-11-27-22(26)25-19-10-9-16(21(23)24)12-18(19)17(14(3)5-2)13-20(25)15-7-6-8-15;1-2-6-3-7(9(11,12)13)5-8(4-6)10(14,15)16;1-2-3;2*1-2/h9-10,12,14-15,17,20-21H,4-8,11,13H2,1-3H3;3-5H,2H2,1H3;2H,1H3;1-2H3;1H3. The molecule has 1 amide bonds. The van der Waals surface area contributed by atoms with E-state index in [1.807, 2.05) is 20.8 Å². The van der Waals surface area contributed by atoms with Gasteiger partial charge in [-0.15, -0.1) is 0 Å². The predicted octanol–water partition coefficient (Wildman–Crippen LogP) is 12.8. The molecule has 1 fully saturated rings. The van der Waals surface area contributed by atoms with Crippen molar-refractivity contribution in [1.29, 1.82) is 0 Å². The monoisotopic (exact) mass is 729 g/mol. The summed E-state index contributed by atoms with van der Waals surface area (Å²) in [6.45, 7) is 13.6. The number of benzene rings is 2. The van der Waals surface area contributed by atoms with Crippen molar-refractivity contribution in [1.82, 2.24) is 0 Å². The number of anilines is 1. The third kappa shape index (κ3) is 13.5. The van der Waals surface area contributed by atoms with Crippen LogP contribution in [0.15, 0.2) is 36.4 Å². The molecule has 1 heterocycles. The van der Waals surface area contributed by atoms with Crippen LogP contribution in [-0.2, 0) is 28.3 Å². The number of aldehydes is 1. The quantitative estimate of drug-likeness (QED) is 0.211. The normalized spacial score (nSPS) is 17.4. The predicted molar refractivity (Wildman–Crippen MR) is 179 cm³/mol. The Hall–Kier alpha value is -3.25. The van der Waals surface area contributed by atoms with Gasteiger partial charge in [-0.1, -0.05) is 60.5 Å². The summed E-state index contributed by atoms with van der Waals surface area (Å²) < 4.78 is 115. The highest BCUT2D eigenvalue weighted by molar-refractivity contribution is 5.90. The van der Waals surface area contributed by atoms with E-state index in [4.69, 9.17) is 9.53 Å². The lowest BCUT2D eigenvalue weighted by Crippen LogP contribution is -2.51. The Kier molecular flexibility index (Phi) is 21.1. The molecule has 4 rings (SSSR count). The molecular weight excluding hydrogens is 677 g/mol. The number of carbonyl (C=O) groups excluding carboxylic acids is 2. The van der Waals surface area contributed by atoms with Gasteiger partial charge < -0.3 is 9.53 Å². The third-order valence-corrected chi connectivity index (χ3v) is 8.50. The van der Waals surface area contributed by atoms with Crippen molar-refractivity contribution in [2.45, 2.75) is 124 Å². The fourth-order valence-electron chi connectivity index (χ4n) is 5.66. The second-order valence-corrected chi connectivity index (χ2v) is 11.6. The van der Waals surface area contributed by atoms with Crippen LogP contribution in [0.3, 0.4) is 0 Å². The summed E-state index contributed by atoms with van der Waals surface area (Å²) in [6, 6.07) is 6.48. The summed E-state index contributed by atoms with van der Waals surface area (Å²) in [5, 5.41) is 0. The fraction of sp³-hybridized carbons (Fsp3) is 0.622. The van der Waals surface area contributed by atoms with Crippen LogP contribution < -0.4 is 4.90 Å². The van der Waals surface area contributed by atoms with Crippen molar-refractivity contribution in [3.05, 3.63) is 64.2 Å². The molecule has 3 atom stereocenters. The second-order valence-electron chi connectivity index (χ2n) is 11.6. The largest absolute Gasteiger partial charge is 0.449 e. The maximum atomic E-state index is 13.3. The molecule has 0 bridgehead atoms. The maximum Gasteiger partial charge on any atom is 0.416 e. The summed E-state index contributed by atoms with van der Waals surface area (Å²) >= 11 is 0. The number of aryl methyl sites for hydroxylation is 1. The molecule has 2 aromatic rings. The van der Waals surface area contributed by atoms with Crippen molar-refractivity contribution < 1.29 is 53.8 Å². The Morgan fingerprint density at radius 3 is 1.84 bits per heavy atom. The molecule has 0 saturated heterocycles. The summed E-state index contributed by atoms with van der Waals surface area (Å²) in [6.07, 6.45) is -5.45. The van der Waals surface area contributed by atoms with Crippen molar-refractivity contribution in [3.8, 4) is 0 Å². The zero-order chi connectivity index (χ0) is 38.8. The van der Waals surface area contributed by atoms with Crippen LogP contribution in [0.2, 0.25) is 0 Å². The van der Waals surface area contributed by atoms with E-state index in [0.29, 0.717) is 25.6 Å². The van der Waals surface area contributed by atoms with Crippen molar-refractivity contribution >= 4 is 18.1 Å². The number of amides is 1. The van der Waals surface area contributed by atoms with Gasteiger partial charge >= 0.3 is 18.4 Å². The molecule has 4 nitrogen and oxygen atoms in total. The first-order valence-corrected chi connectivity index (χ1v) is 17.0. The van der Waals surface area contributed by atoms with Crippen LogP contribution >= 0.6 is 0 Å². The van der Waals surface area contributed by atoms with Crippen LogP contribution in [0.1, 0.15) is 127 Å². The Balaban J connectivity index is 0.000000890. The summed E-state index contributed by atoms with van der Waals surface area (Å²) in [5.74, 6) is 1.06. The molecule has 0 aromatic heterocycles. The van der Waals surface area contributed by atoms with Crippen LogP contribution in [0, 0.1) is 11.8 Å². The lowest BCUT2D eigenvalue weighted by Gasteiger charge is -2.47. The summed E-state index contributed by atoms with van der Waals surface area (Å²) in [4.78, 5) is 23.5. The van der Waals surface area contributed by atoms with Gasteiger partial charge in [0.15, 0.2) is 0 Å². The molecule has 286 valence electrons. The van der Waals surface area contributed by atoms with Crippen molar-refractivity contribution in [2.75, 3.05) is 18.7 Å². The minimum Gasteiger partial charge on any atom is -0.449 e. The highest BCUT2D eigenvalue weighted by Crippen LogP contribution is 2.49. The molecule has 3 unspecified atom stereocenters. The zero-order valence-electron chi connectivity index (χ0n) is 30.2. The number of fused-ring (bicyclic) bond motifs is 1. The molecular formula is C37H52F9NO3. The first kappa shape index (κ1) is 46.8. The zero-order valence-corrected chi connectivity index (χ0v) is 30.2. The van der Waals surface area contributed by atoms with E-state index in [-0.39, 0.29) is 41.7 Å². The Labute approximate surface area is 290 Å². The van der Waals surface area contributed by atoms with Gasteiger partial charge in [-0.2, -0.15) is 26.3 Å². The van der Waals surface area contributed by atoms with E-state index in [1.54, 1.807) is 17.0 Å². The number of ether oxygens (including phenoxy) is 1. The number of carbonyl (C=O) groups is 2. The first-order chi connectivity index (χ1) is 23.5. The number of rotatable bonds is 7. The van der Waals surface area contributed by atoms with E-state index in [0.717, 1.165) is 61.8 Å². The average molecular weight is 730 g/mol. The maximum absolute atomic E-state index is 13.3. The number of alkyl halides is 9. The SMILES string of the molecule is CC.CC=O.CCCOC(=O)N1c2ccc(C(F)F)cc2C(C(C)CC)CC1C1CCC1.CCc1cc(C(F)(F)F)cc(C(F)(F)F)c1.CF. The average Bonchev–Trinajstić information content (AvgIpc) is 3.06. The van der Waals surface area contributed by atoms with Gasteiger partial charge in [-0.3, -0.25) is 9.29 Å². The van der Waals surface area contributed by atoms with Gasteiger partial charge in [0, 0.05) is 11.6 Å². The molecule has 0 radical (unpaired) electrons. The molecule has 1 saturated carbocycles. The molecule has 1 aliphatic carbocycles. The van der Waals surface area contributed by atoms with E-state index >= 15 is 0 Å². The highest BCUT2D eigenvalue weighted by atomic mass is 19.4. The number of halogens is 9. The summed E-state index contributed by atoms with van der Waals surface area (Å²) in [7, 11) is 0.500. The van der Waals surface area contributed by atoms with Crippen molar-refractivity contribution in [2.24, 2.45) is 11.8 Å². The molecule has 2 aliphatic rings. The lowest BCUT2D eigenvalue weighted by molar-refractivity contribution is -0.143. The molecule has 1 aliphatic heterocycles. The van der Waals surface area contributed by atoms with E-state index in [1.165, 1.54) is 26.3 Å². The van der Waals surface area contributed by atoms with Gasteiger partial charge in [0.2, 0.25) is 0 Å². The molecule has 0 N–H and O–H groups in total. The smallest absolute Gasteiger partial charge is 0.416 e. The minimum absolute atomic E-state index is 0.0159. The van der Waals surface area contributed by atoms with Crippen molar-refractivity contribution in [3.63, 3.8) is 0 Å². The molecule has 13 heteroatoms.